The van der Waals surface area contributed by atoms with Crippen molar-refractivity contribution in [2.75, 3.05) is 7.11 Å². The standard InChI is InChI=1S/C14H16N2O3/c1-19-11-5-6-13(17)10(9-11)3-2-4-12-14(18)16-8-7-15-12/h5-9,17H,2-4H2,1H3,(H,16,18). The van der Waals surface area contributed by atoms with Crippen molar-refractivity contribution >= 4 is 0 Å². The molecule has 0 aliphatic carbocycles. The van der Waals surface area contributed by atoms with Gasteiger partial charge in [0, 0.05) is 12.4 Å². The normalized spacial score (nSPS) is 10.4. The third-order valence-electron chi connectivity index (χ3n) is 2.93. The largest absolute Gasteiger partial charge is 0.508 e. The Kier molecular flexibility index (Phi) is 4.18. The molecule has 0 atom stereocenters. The molecule has 0 fully saturated rings. The summed E-state index contributed by atoms with van der Waals surface area (Å²) in [6.45, 7) is 0. The van der Waals surface area contributed by atoms with E-state index < -0.39 is 0 Å². The van der Waals surface area contributed by atoms with Crippen LogP contribution in [0.15, 0.2) is 35.4 Å². The topological polar surface area (TPSA) is 75.2 Å². The molecule has 0 saturated heterocycles. The van der Waals surface area contributed by atoms with Crippen LogP contribution in [0.25, 0.3) is 0 Å². The molecule has 5 nitrogen and oxygen atoms in total. The molecule has 2 N–H and O–H groups in total. The predicted molar refractivity (Wildman–Crippen MR) is 71.5 cm³/mol. The van der Waals surface area contributed by atoms with Crippen LogP contribution in [0.3, 0.4) is 0 Å². The SMILES string of the molecule is COc1ccc(O)c(CCCc2ncc[nH]c2=O)c1. The van der Waals surface area contributed by atoms with E-state index in [0.29, 0.717) is 24.3 Å². The highest BCUT2D eigenvalue weighted by Gasteiger charge is 2.05. The lowest BCUT2D eigenvalue weighted by Crippen LogP contribution is -2.13. The van der Waals surface area contributed by atoms with Crippen LogP contribution < -0.4 is 10.3 Å². The lowest BCUT2D eigenvalue weighted by atomic mass is 10.1. The monoisotopic (exact) mass is 260 g/mol. The van der Waals surface area contributed by atoms with Crippen molar-refractivity contribution in [2.45, 2.75) is 19.3 Å². The number of phenols is 1. The molecule has 0 spiro atoms. The quantitative estimate of drug-likeness (QED) is 0.857. The predicted octanol–water partition coefficient (Wildman–Crippen LogP) is 1.66. The maximum Gasteiger partial charge on any atom is 0.269 e. The Morgan fingerprint density at radius 1 is 1.37 bits per heavy atom. The Labute approximate surface area is 110 Å². The molecule has 2 aromatic rings. The number of nitrogens with zero attached hydrogens (tertiary/aromatic N) is 1. The average molecular weight is 260 g/mol. The first-order valence-electron chi connectivity index (χ1n) is 6.09. The van der Waals surface area contributed by atoms with Crippen LogP contribution in [-0.2, 0) is 12.8 Å². The van der Waals surface area contributed by atoms with E-state index in [9.17, 15) is 9.90 Å². The van der Waals surface area contributed by atoms with Gasteiger partial charge in [0.2, 0.25) is 0 Å². The van der Waals surface area contributed by atoms with E-state index in [2.05, 4.69) is 9.97 Å². The highest BCUT2D eigenvalue weighted by atomic mass is 16.5. The van der Waals surface area contributed by atoms with Crippen molar-refractivity contribution in [3.05, 3.63) is 52.2 Å². The second-order valence-corrected chi connectivity index (χ2v) is 4.21. The zero-order valence-electron chi connectivity index (χ0n) is 10.7. The summed E-state index contributed by atoms with van der Waals surface area (Å²) in [5, 5.41) is 9.74. The van der Waals surface area contributed by atoms with E-state index in [1.54, 1.807) is 31.5 Å². The van der Waals surface area contributed by atoms with Crippen LogP contribution in [0, 0.1) is 0 Å². The molecule has 19 heavy (non-hydrogen) atoms. The van der Waals surface area contributed by atoms with Gasteiger partial charge in [0.15, 0.2) is 0 Å². The third-order valence-corrected chi connectivity index (χ3v) is 2.93. The minimum atomic E-state index is -0.155. The van der Waals surface area contributed by atoms with Crippen molar-refractivity contribution < 1.29 is 9.84 Å². The van der Waals surface area contributed by atoms with E-state index in [4.69, 9.17) is 4.74 Å². The molecule has 1 aromatic carbocycles. The highest BCUT2D eigenvalue weighted by Crippen LogP contribution is 2.24. The van der Waals surface area contributed by atoms with Crippen molar-refractivity contribution in [2.24, 2.45) is 0 Å². The number of aromatic amines is 1. The molecule has 0 aliphatic rings. The van der Waals surface area contributed by atoms with Crippen LogP contribution in [0.1, 0.15) is 17.7 Å². The number of H-pyrrole nitrogens is 1. The second-order valence-electron chi connectivity index (χ2n) is 4.21. The Morgan fingerprint density at radius 2 is 2.21 bits per heavy atom. The highest BCUT2D eigenvalue weighted by molar-refractivity contribution is 5.39. The Balaban J connectivity index is 2.00. The Morgan fingerprint density at radius 3 is 2.95 bits per heavy atom. The minimum absolute atomic E-state index is 0.155. The van der Waals surface area contributed by atoms with Gasteiger partial charge in [0.1, 0.15) is 17.2 Å². The summed E-state index contributed by atoms with van der Waals surface area (Å²) in [5.74, 6) is 0.958. The first-order valence-corrected chi connectivity index (χ1v) is 6.09. The van der Waals surface area contributed by atoms with Crippen LogP contribution in [-0.4, -0.2) is 22.2 Å². The molecular formula is C14H16N2O3. The number of hydrogen-bond acceptors (Lipinski definition) is 4. The van der Waals surface area contributed by atoms with Crippen molar-refractivity contribution in [3.8, 4) is 11.5 Å². The van der Waals surface area contributed by atoms with Gasteiger partial charge < -0.3 is 14.8 Å². The number of aromatic hydroxyl groups is 1. The molecule has 1 heterocycles. The zero-order valence-corrected chi connectivity index (χ0v) is 10.7. The summed E-state index contributed by atoms with van der Waals surface area (Å²) in [6.07, 6.45) is 5.06. The molecule has 100 valence electrons. The zero-order chi connectivity index (χ0) is 13.7. The van der Waals surface area contributed by atoms with E-state index in [-0.39, 0.29) is 11.3 Å². The summed E-state index contributed by atoms with van der Waals surface area (Å²) < 4.78 is 5.12. The van der Waals surface area contributed by atoms with E-state index in [0.717, 1.165) is 12.0 Å². The average Bonchev–Trinajstić information content (AvgIpc) is 2.43. The molecule has 0 amide bonds. The van der Waals surface area contributed by atoms with Gasteiger partial charge in [-0.05, 0) is 43.0 Å². The number of methoxy groups -OCH3 is 1. The summed E-state index contributed by atoms with van der Waals surface area (Å²) in [6, 6.07) is 5.13. The summed E-state index contributed by atoms with van der Waals surface area (Å²) in [4.78, 5) is 18.1. The molecule has 0 saturated carbocycles. The van der Waals surface area contributed by atoms with Gasteiger partial charge in [-0.25, -0.2) is 0 Å². The number of phenolic OH excluding ortho intramolecular Hbond substituents is 1. The number of aromatic nitrogens is 2. The van der Waals surface area contributed by atoms with E-state index in [1.165, 1.54) is 6.20 Å². The van der Waals surface area contributed by atoms with Crippen LogP contribution in [0.2, 0.25) is 0 Å². The number of rotatable bonds is 5. The molecule has 0 bridgehead atoms. The molecule has 1 aromatic heterocycles. The molecule has 0 aliphatic heterocycles. The maximum atomic E-state index is 11.4. The number of benzene rings is 1. The maximum absolute atomic E-state index is 11.4. The molecule has 5 heteroatoms. The molecule has 2 rings (SSSR count). The smallest absolute Gasteiger partial charge is 0.269 e. The first-order chi connectivity index (χ1) is 9.20. The van der Waals surface area contributed by atoms with Crippen LogP contribution in [0.5, 0.6) is 11.5 Å². The number of nitrogens with one attached hydrogen (secondary N) is 1. The lowest BCUT2D eigenvalue weighted by molar-refractivity contribution is 0.410. The van der Waals surface area contributed by atoms with Gasteiger partial charge in [-0.3, -0.25) is 9.78 Å². The summed E-state index contributed by atoms with van der Waals surface area (Å²) in [5.41, 5.74) is 1.17. The van der Waals surface area contributed by atoms with Crippen LogP contribution >= 0.6 is 0 Å². The van der Waals surface area contributed by atoms with Gasteiger partial charge >= 0.3 is 0 Å². The summed E-state index contributed by atoms with van der Waals surface area (Å²) >= 11 is 0. The second kappa shape index (κ2) is 6.04. The molecular weight excluding hydrogens is 244 g/mol. The first kappa shape index (κ1) is 13.1. The number of aryl methyl sites for hydroxylation is 2. The Bertz CT molecular complexity index is 608. The fourth-order valence-corrected chi connectivity index (χ4v) is 1.90. The van der Waals surface area contributed by atoms with E-state index >= 15 is 0 Å². The van der Waals surface area contributed by atoms with Gasteiger partial charge in [0.25, 0.3) is 5.56 Å². The van der Waals surface area contributed by atoms with E-state index in [1.807, 2.05) is 0 Å². The number of ether oxygens (including phenoxy) is 1. The van der Waals surface area contributed by atoms with Crippen molar-refractivity contribution in [1.82, 2.24) is 9.97 Å². The minimum Gasteiger partial charge on any atom is -0.508 e. The van der Waals surface area contributed by atoms with Crippen molar-refractivity contribution in [3.63, 3.8) is 0 Å². The Hall–Kier alpha value is -2.30. The fourth-order valence-electron chi connectivity index (χ4n) is 1.90. The fraction of sp³-hybridized carbons (Fsp3) is 0.286. The van der Waals surface area contributed by atoms with Gasteiger partial charge in [0.05, 0.1) is 7.11 Å². The number of hydrogen-bond donors (Lipinski definition) is 2. The summed E-state index contributed by atoms with van der Waals surface area (Å²) in [7, 11) is 1.59. The third kappa shape index (κ3) is 3.34. The van der Waals surface area contributed by atoms with Crippen molar-refractivity contribution in [1.29, 1.82) is 0 Å². The lowest BCUT2D eigenvalue weighted by Gasteiger charge is -2.06. The van der Waals surface area contributed by atoms with Gasteiger partial charge in [-0.1, -0.05) is 0 Å². The van der Waals surface area contributed by atoms with Gasteiger partial charge in [-0.2, -0.15) is 0 Å². The molecule has 0 unspecified atom stereocenters. The van der Waals surface area contributed by atoms with Crippen LogP contribution in [0.4, 0.5) is 0 Å². The van der Waals surface area contributed by atoms with Gasteiger partial charge in [-0.15, -0.1) is 0 Å². The molecule has 0 radical (unpaired) electrons.